The van der Waals surface area contributed by atoms with Gasteiger partial charge in [0.05, 0.1) is 5.69 Å². The second-order valence-electron chi connectivity index (χ2n) is 3.35. The van der Waals surface area contributed by atoms with Gasteiger partial charge in [-0.3, -0.25) is 4.68 Å². The average molecular weight is 196 g/mol. The van der Waals surface area contributed by atoms with E-state index in [9.17, 15) is 0 Å². The van der Waals surface area contributed by atoms with Crippen LogP contribution < -0.4 is 0 Å². The Hall–Kier alpha value is -0.790. The Kier molecular flexibility index (Phi) is 6.26. The molecule has 0 aliphatic rings. The Morgan fingerprint density at radius 2 is 1.93 bits per heavy atom. The van der Waals surface area contributed by atoms with Gasteiger partial charge in [-0.15, -0.1) is 0 Å². The van der Waals surface area contributed by atoms with E-state index in [2.05, 4.69) is 43.7 Å². The van der Waals surface area contributed by atoms with Gasteiger partial charge in [0.25, 0.3) is 0 Å². The lowest BCUT2D eigenvalue weighted by molar-refractivity contribution is 0.474. The predicted octanol–water partition coefficient (Wildman–Crippen LogP) is 3.75. The van der Waals surface area contributed by atoms with E-state index in [-0.39, 0.29) is 0 Å². The van der Waals surface area contributed by atoms with Gasteiger partial charge >= 0.3 is 0 Å². The van der Waals surface area contributed by atoms with Crippen LogP contribution in [0.5, 0.6) is 0 Å². The normalized spacial score (nSPS) is 11.9. The second-order valence-corrected chi connectivity index (χ2v) is 3.35. The average Bonchev–Trinajstić information content (AvgIpc) is 2.61. The molecule has 82 valence electrons. The maximum absolute atomic E-state index is 4.52. The van der Waals surface area contributed by atoms with Gasteiger partial charge < -0.3 is 0 Å². The Labute approximate surface area is 88.3 Å². The van der Waals surface area contributed by atoms with Crippen molar-refractivity contribution in [3.05, 3.63) is 17.5 Å². The van der Waals surface area contributed by atoms with Gasteiger partial charge in [-0.25, -0.2) is 0 Å². The summed E-state index contributed by atoms with van der Waals surface area (Å²) in [6, 6.07) is 0.531. The van der Waals surface area contributed by atoms with Crippen molar-refractivity contribution in [3.63, 3.8) is 0 Å². The predicted molar refractivity (Wildman–Crippen MR) is 62.7 cm³/mol. The standard InChI is InChI=1S/C10H18N2.C2H6/c1-5-9(4)12-7-8(3)10(6-2)11-12;1-2/h7,9H,5-6H2,1-4H3;1-2H3. The van der Waals surface area contributed by atoms with E-state index in [1.54, 1.807) is 0 Å². The highest BCUT2D eigenvalue weighted by Gasteiger charge is 2.06. The Balaban J connectivity index is 0.000000791. The molecule has 1 aromatic heterocycles. The molecule has 1 atom stereocenters. The maximum Gasteiger partial charge on any atom is 0.0651 e. The highest BCUT2D eigenvalue weighted by atomic mass is 15.3. The minimum atomic E-state index is 0.531. The summed E-state index contributed by atoms with van der Waals surface area (Å²) < 4.78 is 2.08. The number of rotatable bonds is 3. The number of aromatic nitrogens is 2. The lowest BCUT2D eigenvalue weighted by atomic mass is 10.2. The van der Waals surface area contributed by atoms with Crippen LogP contribution >= 0.6 is 0 Å². The molecule has 1 heterocycles. The fourth-order valence-electron chi connectivity index (χ4n) is 1.28. The van der Waals surface area contributed by atoms with Crippen molar-refractivity contribution in [1.29, 1.82) is 0 Å². The van der Waals surface area contributed by atoms with Crippen molar-refractivity contribution in [2.45, 2.75) is 60.4 Å². The monoisotopic (exact) mass is 196 g/mol. The van der Waals surface area contributed by atoms with Gasteiger partial charge in [-0.05, 0) is 32.3 Å². The van der Waals surface area contributed by atoms with Gasteiger partial charge in [0.1, 0.15) is 0 Å². The molecular weight excluding hydrogens is 172 g/mol. The molecule has 0 fully saturated rings. The molecule has 0 aliphatic heterocycles. The molecule has 0 saturated carbocycles. The molecule has 2 heteroatoms. The number of aryl methyl sites for hydroxylation is 2. The first-order valence-electron chi connectivity index (χ1n) is 5.73. The zero-order valence-electron chi connectivity index (χ0n) is 10.5. The van der Waals surface area contributed by atoms with Gasteiger partial charge in [0.2, 0.25) is 0 Å². The van der Waals surface area contributed by atoms with Crippen molar-refractivity contribution in [3.8, 4) is 0 Å². The summed E-state index contributed by atoms with van der Waals surface area (Å²) in [7, 11) is 0. The molecule has 14 heavy (non-hydrogen) atoms. The number of hydrogen-bond donors (Lipinski definition) is 0. The molecule has 0 aromatic carbocycles. The molecule has 0 amide bonds. The van der Waals surface area contributed by atoms with E-state index in [0.717, 1.165) is 12.8 Å². The van der Waals surface area contributed by atoms with Crippen molar-refractivity contribution in [1.82, 2.24) is 9.78 Å². The molecule has 1 rings (SSSR count). The van der Waals surface area contributed by atoms with Crippen LogP contribution in [-0.4, -0.2) is 9.78 Å². The maximum atomic E-state index is 4.52. The molecule has 1 unspecified atom stereocenters. The SMILES string of the molecule is CC.CCc1nn(C(C)CC)cc1C. The van der Waals surface area contributed by atoms with Gasteiger partial charge in [-0.1, -0.05) is 27.7 Å². The molecule has 0 spiro atoms. The van der Waals surface area contributed by atoms with Gasteiger partial charge in [-0.2, -0.15) is 5.10 Å². The van der Waals surface area contributed by atoms with E-state index < -0.39 is 0 Å². The van der Waals surface area contributed by atoms with Crippen LogP contribution in [0.2, 0.25) is 0 Å². The lowest BCUT2D eigenvalue weighted by Gasteiger charge is -2.07. The molecule has 0 N–H and O–H groups in total. The quantitative estimate of drug-likeness (QED) is 0.720. The third-order valence-corrected chi connectivity index (χ3v) is 2.39. The third kappa shape index (κ3) is 3.17. The van der Waals surface area contributed by atoms with Crippen molar-refractivity contribution < 1.29 is 0 Å². The topological polar surface area (TPSA) is 17.8 Å². The van der Waals surface area contributed by atoms with Crippen LogP contribution in [-0.2, 0) is 6.42 Å². The zero-order valence-corrected chi connectivity index (χ0v) is 10.5. The summed E-state index contributed by atoms with van der Waals surface area (Å²) in [5.74, 6) is 0. The third-order valence-electron chi connectivity index (χ3n) is 2.39. The van der Waals surface area contributed by atoms with Crippen molar-refractivity contribution >= 4 is 0 Å². The lowest BCUT2D eigenvalue weighted by Crippen LogP contribution is -2.04. The van der Waals surface area contributed by atoms with E-state index in [4.69, 9.17) is 0 Å². The molecule has 2 nitrogen and oxygen atoms in total. The smallest absolute Gasteiger partial charge is 0.0651 e. The molecular formula is C12H24N2. The fraction of sp³-hybridized carbons (Fsp3) is 0.750. The number of nitrogens with zero attached hydrogens (tertiary/aromatic N) is 2. The second kappa shape index (κ2) is 6.63. The summed E-state index contributed by atoms with van der Waals surface area (Å²) in [6.45, 7) is 12.7. The van der Waals surface area contributed by atoms with Crippen LogP contribution in [0, 0.1) is 6.92 Å². The van der Waals surface area contributed by atoms with E-state index in [1.807, 2.05) is 13.8 Å². The summed E-state index contributed by atoms with van der Waals surface area (Å²) in [6.07, 6.45) is 4.33. The Morgan fingerprint density at radius 1 is 1.36 bits per heavy atom. The first-order valence-corrected chi connectivity index (χ1v) is 5.73. The molecule has 1 aromatic rings. The largest absolute Gasteiger partial charge is 0.269 e. The summed E-state index contributed by atoms with van der Waals surface area (Å²) >= 11 is 0. The van der Waals surface area contributed by atoms with Crippen LogP contribution in [0.15, 0.2) is 6.20 Å². The van der Waals surface area contributed by atoms with E-state index >= 15 is 0 Å². The summed E-state index contributed by atoms with van der Waals surface area (Å²) in [5, 5.41) is 4.52. The highest BCUT2D eigenvalue weighted by Crippen LogP contribution is 2.13. The van der Waals surface area contributed by atoms with Crippen LogP contribution in [0.25, 0.3) is 0 Å². The minimum Gasteiger partial charge on any atom is -0.269 e. The zero-order chi connectivity index (χ0) is 11.1. The van der Waals surface area contributed by atoms with Crippen LogP contribution in [0.1, 0.15) is 58.3 Å². The van der Waals surface area contributed by atoms with Crippen LogP contribution in [0.3, 0.4) is 0 Å². The van der Waals surface area contributed by atoms with Crippen molar-refractivity contribution in [2.24, 2.45) is 0 Å². The summed E-state index contributed by atoms with van der Waals surface area (Å²) in [4.78, 5) is 0. The summed E-state index contributed by atoms with van der Waals surface area (Å²) in [5.41, 5.74) is 2.55. The number of hydrogen-bond acceptors (Lipinski definition) is 1. The molecule has 0 aliphatic carbocycles. The fourth-order valence-corrected chi connectivity index (χ4v) is 1.28. The van der Waals surface area contributed by atoms with Gasteiger partial charge in [0, 0.05) is 12.2 Å². The molecule has 0 radical (unpaired) electrons. The first kappa shape index (κ1) is 13.2. The minimum absolute atomic E-state index is 0.531. The van der Waals surface area contributed by atoms with Crippen LogP contribution in [0.4, 0.5) is 0 Å². The first-order chi connectivity index (χ1) is 6.69. The van der Waals surface area contributed by atoms with Gasteiger partial charge in [0.15, 0.2) is 0 Å². The van der Waals surface area contributed by atoms with E-state index in [0.29, 0.717) is 6.04 Å². The highest BCUT2D eigenvalue weighted by molar-refractivity contribution is 5.14. The van der Waals surface area contributed by atoms with Crippen molar-refractivity contribution in [2.75, 3.05) is 0 Å². The molecule has 0 saturated heterocycles. The Bertz CT molecular complexity index is 251. The molecule has 0 bridgehead atoms. The Morgan fingerprint density at radius 3 is 2.29 bits per heavy atom. The van der Waals surface area contributed by atoms with E-state index in [1.165, 1.54) is 11.3 Å².